The predicted molar refractivity (Wildman–Crippen MR) is 70.8 cm³/mol. The number of nitrogens with zero attached hydrogens (tertiary/aromatic N) is 3. The third-order valence-electron chi connectivity index (χ3n) is 3.24. The van der Waals surface area contributed by atoms with Gasteiger partial charge in [0.05, 0.1) is 5.69 Å². The maximum Gasteiger partial charge on any atom is 0.269 e. The molecule has 1 aliphatic rings. The number of ether oxygens (including phenoxy) is 1. The van der Waals surface area contributed by atoms with Gasteiger partial charge in [0.2, 0.25) is 0 Å². The maximum atomic E-state index is 5.60. The van der Waals surface area contributed by atoms with Crippen LogP contribution in [0.1, 0.15) is 35.3 Å². The van der Waals surface area contributed by atoms with Gasteiger partial charge < -0.3 is 15.0 Å². The fourth-order valence-electron chi connectivity index (χ4n) is 2.19. The lowest BCUT2D eigenvalue weighted by Gasteiger charge is -2.18. The molecule has 6 nitrogen and oxygen atoms in total. The molecule has 0 radical (unpaired) electrons. The van der Waals surface area contributed by atoms with E-state index in [1.165, 1.54) is 11.3 Å². The van der Waals surface area contributed by atoms with Crippen molar-refractivity contribution in [2.75, 3.05) is 13.2 Å². The van der Waals surface area contributed by atoms with Crippen LogP contribution in [-0.4, -0.2) is 28.3 Å². The first-order valence-electron chi connectivity index (χ1n) is 6.36. The van der Waals surface area contributed by atoms with Crippen LogP contribution in [0.3, 0.4) is 0 Å². The van der Waals surface area contributed by atoms with Crippen molar-refractivity contribution in [3.05, 3.63) is 16.5 Å². The Morgan fingerprint density at radius 3 is 2.79 bits per heavy atom. The van der Waals surface area contributed by atoms with Crippen LogP contribution in [0.25, 0.3) is 10.8 Å². The first kappa shape index (κ1) is 12.7. The Balaban J connectivity index is 1.85. The topological polar surface area (TPSA) is 87.1 Å². The number of thiazole rings is 1. The Labute approximate surface area is 115 Å². The standard InChI is InChI=1S/C12H16N4O2S/c1-7-10(19-9(6-13)14-7)12-15-11(16-18-12)8-2-4-17-5-3-8/h8H,2-6,13H2,1H3. The Kier molecular flexibility index (Phi) is 3.58. The van der Waals surface area contributed by atoms with Crippen LogP contribution in [0.2, 0.25) is 0 Å². The second-order valence-electron chi connectivity index (χ2n) is 4.57. The quantitative estimate of drug-likeness (QED) is 0.923. The molecule has 0 unspecified atom stereocenters. The molecule has 0 amide bonds. The zero-order chi connectivity index (χ0) is 13.2. The molecule has 102 valence electrons. The lowest BCUT2D eigenvalue weighted by molar-refractivity contribution is 0.0830. The van der Waals surface area contributed by atoms with Crippen LogP contribution in [0.5, 0.6) is 0 Å². The van der Waals surface area contributed by atoms with Crippen LogP contribution in [0, 0.1) is 6.92 Å². The van der Waals surface area contributed by atoms with Gasteiger partial charge in [-0.05, 0) is 19.8 Å². The minimum absolute atomic E-state index is 0.341. The van der Waals surface area contributed by atoms with Gasteiger partial charge in [0.25, 0.3) is 5.89 Å². The van der Waals surface area contributed by atoms with E-state index in [4.69, 9.17) is 15.0 Å². The molecule has 0 aliphatic carbocycles. The van der Waals surface area contributed by atoms with Gasteiger partial charge in [-0.25, -0.2) is 4.98 Å². The van der Waals surface area contributed by atoms with E-state index in [1.807, 2.05) is 6.92 Å². The van der Waals surface area contributed by atoms with Crippen molar-refractivity contribution in [3.8, 4) is 10.8 Å². The molecule has 2 N–H and O–H groups in total. The number of hydrogen-bond acceptors (Lipinski definition) is 7. The van der Waals surface area contributed by atoms with Gasteiger partial charge >= 0.3 is 0 Å². The predicted octanol–water partition coefficient (Wildman–Crippen LogP) is 1.85. The van der Waals surface area contributed by atoms with Crippen molar-refractivity contribution in [1.29, 1.82) is 0 Å². The average Bonchev–Trinajstić information content (AvgIpc) is 3.06. The number of nitrogens with two attached hydrogens (primary N) is 1. The van der Waals surface area contributed by atoms with Crippen LogP contribution >= 0.6 is 11.3 Å². The minimum Gasteiger partial charge on any atom is -0.381 e. The molecule has 1 saturated heterocycles. The number of aromatic nitrogens is 3. The summed E-state index contributed by atoms with van der Waals surface area (Å²) in [6.07, 6.45) is 1.91. The number of aryl methyl sites for hydroxylation is 1. The third kappa shape index (κ3) is 2.54. The Morgan fingerprint density at radius 2 is 2.11 bits per heavy atom. The summed E-state index contributed by atoms with van der Waals surface area (Å²) in [5, 5.41) is 4.99. The van der Waals surface area contributed by atoms with Gasteiger partial charge in [-0.1, -0.05) is 5.16 Å². The summed E-state index contributed by atoms with van der Waals surface area (Å²) in [4.78, 5) is 9.80. The summed E-state index contributed by atoms with van der Waals surface area (Å²) >= 11 is 1.52. The molecule has 19 heavy (non-hydrogen) atoms. The minimum atomic E-state index is 0.341. The lowest BCUT2D eigenvalue weighted by atomic mass is 10.00. The highest BCUT2D eigenvalue weighted by Gasteiger charge is 2.23. The van der Waals surface area contributed by atoms with Crippen molar-refractivity contribution in [2.24, 2.45) is 5.73 Å². The molecule has 0 aromatic carbocycles. The van der Waals surface area contributed by atoms with E-state index >= 15 is 0 Å². The summed E-state index contributed by atoms with van der Waals surface area (Å²) in [7, 11) is 0. The van der Waals surface area contributed by atoms with Crippen LogP contribution in [-0.2, 0) is 11.3 Å². The summed E-state index contributed by atoms with van der Waals surface area (Å²) in [5.74, 6) is 1.67. The Morgan fingerprint density at radius 1 is 1.32 bits per heavy atom. The molecule has 0 atom stereocenters. The number of hydrogen-bond donors (Lipinski definition) is 1. The highest BCUT2D eigenvalue weighted by molar-refractivity contribution is 7.15. The van der Waals surface area contributed by atoms with Crippen LogP contribution in [0.4, 0.5) is 0 Å². The fourth-order valence-corrected chi connectivity index (χ4v) is 3.05. The third-order valence-corrected chi connectivity index (χ3v) is 4.41. The lowest BCUT2D eigenvalue weighted by Crippen LogP contribution is -2.15. The van der Waals surface area contributed by atoms with Crippen LogP contribution < -0.4 is 5.73 Å². The van der Waals surface area contributed by atoms with Gasteiger partial charge in [0.1, 0.15) is 9.88 Å². The zero-order valence-corrected chi connectivity index (χ0v) is 11.6. The molecule has 3 rings (SSSR count). The van der Waals surface area contributed by atoms with E-state index in [0.717, 1.165) is 47.5 Å². The molecule has 0 bridgehead atoms. The molecule has 1 fully saturated rings. The van der Waals surface area contributed by atoms with E-state index in [0.29, 0.717) is 18.4 Å². The van der Waals surface area contributed by atoms with E-state index in [-0.39, 0.29) is 0 Å². The molecule has 0 saturated carbocycles. The molecule has 2 aromatic heterocycles. The second-order valence-corrected chi connectivity index (χ2v) is 5.65. The molecule has 2 aromatic rings. The largest absolute Gasteiger partial charge is 0.381 e. The summed E-state index contributed by atoms with van der Waals surface area (Å²) in [6, 6.07) is 0. The van der Waals surface area contributed by atoms with Crippen molar-refractivity contribution in [3.63, 3.8) is 0 Å². The molecular weight excluding hydrogens is 264 g/mol. The zero-order valence-electron chi connectivity index (χ0n) is 10.8. The SMILES string of the molecule is Cc1nc(CN)sc1-c1nc(C2CCOCC2)no1. The first-order valence-corrected chi connectivity index (χ1v) is 7.17. The van der Waals surface area contributed by atoms with Gasteiger partial charge in [0, 0.05) is 25.7 Å². The van der Waals surface area contributed by atoms with Gasteiger partial charge in [-0.2, -0.15) is 4.98 Å². The Bertz CT molecular complexity index is 560. The maximum absolute atomic E-state index is 5.60. The molecule has 3 heterocycles. The van der Waals surface area contributed by atoms with Gasteiger partial charge in [-0.15, -0.1) is 11.3 Å². The first-order chi connectivity index (χ1) is 9.28. The molecule has 1 aliphatic heterocycles. The molecule has 7 heteroatoms. The Hall–Kier alpha value is -1.31. The highest BCUT2D eigenvalue weighted by Crippen LogP contribution is 2.31. The normalized spacial score (nSPS) is 16.9. The van der Waals surface area contributed by atoms with E-state index in [9.17, 15) is 0 Å². The number of rotatable bonds is 3. The summed E-state index contributed by atoms with van der Waals surface area (Å²) in [6.45, 7) is 3.91. The average molecular weight is 280 g/mol. The summed E-state index contributed by atoms with van der Waals surface area (Å²) in [5.41, 5.74) is 6.50. The fraction of sp³-hybridized carbons (Fsp3) is 0.583. The van der Waals surface area contributed by atoms with E-state index in [1.54, 1.807) is 0 Å². The van der Waals surface area contributed by atoms with Gasteiger partial charge in [0.15, 0.2) is 5.82 Å². The van der Waals surface area contributed by atoms with Crippen molar-refractivity contribution >= 4 is 11.3 Å². The van der Waals surface area contributed by atoms with Crippen molar-refractivity contribution in [2.45, 2.75) is 32.2 Å². The van der Waals surface area contributed by atoms with Crippen molar-refractivity contribution < 1.29 is 9.26 Å². The smallest absolute Gasteiger partial charge is 0.269 e. The monoisotopic (exact) mass is 280 g/mol. The van der Waals surface area contributed by atoms with E-state index in [2.05, 4.69) is 15.1 Å². The molecule has 0 spiro atoms. The highest BCUT2D eigenvalue weighted by atomic mass is 32.1. The van der Waals surface area contributed by atoms with Gasteiger partial charge in [-0.3, -0.25) is 0 Å². The van der Waals surface area contributed by atoms with Crippen LogP contribution in [0.15, 0.2) is 4.52 Å². The van der Waals surface area contributed by atoms with Crippen molar-refractivity contribution in [1.82, 2.24) is 15.1 Å². The molecular formula is C12H16N4O2S. The summed E-state index contributed by atoms with van der Waals surface area (Å²) < 4.78 is 10.7. The second kappa shape index (κ2) is 5.36. The van der Waals surface area contributed by atoms with E-state index < -0.39 is 0 Å².